The highest BCUT2D eigenvalue weighted by molar-refractivity contribution is 7.98. The number of ether oxygens (including phenoxy) is 1. The fraction of sp³-hybridized carbons (Fsp3) is 0.312. The smallest absolute Gasteiger partial charge is 0.264 e. The molecule has 0 radical (unpaired) electrons. The van der Waals surface area contributed by atoms with Crippen LogP contribution >= 0.6 is 34.7 Å². The lowest BCUT2D eigenvalue weighted by molar-refractivity contribution is 0.0306. The Hall–Kier alpha value is -1.01. The summed E-state index contributed by atoms with van der Waals surface area (Å²) in [4.78, 5) is 17.8. The van der Waals surface area contributed by atoms with Crippen LogP contribution in [-0.4, -0.2) is 37.1 Å². The molecule has 1 saturated heterocycles. The van der Waals surface area contributed by atoms with Gasteiger partial charge in [-0.3, -0.25) is 4.79 Å². The highest BCUT2D eigenvalue weighted by atomic mass is 35.5. The van der Waals surface area contributed by atoms with Crippen LogP contribution in [0.2, 0.25) is 5.02 Å². The van der Waals surface area contributed by atoms with Crippen LogP contribution in [0.15, 0.2) is 29.2 Å². The average molecular weight is 352 g/mol. The Balaban J connectivity index is 1.68. The molecule has 0 bridgehead atoms. The molecule has 2 aliphatic heterocycles. The summed E-state index contributed by atoms with van der Waals surface area (Å²) in [7, 11) is 0. The van der Waals surface area contributed by atoms with Crippen molar-refractivity contribution < 1.29 is 9.53 Å². The first-order valence-corrected chi connectivity index (χ1v) is 9.33. The zero-order chi connectivity index (χ0) is 15.1. The van der Waals surface area contributed by atoms with Gasteiger partial charge in [-0.2, -0.15) is 0 Å². The van der Waals surface area contributed by atoms with E-state index in [-0.39, 0.29) is 5.91 Å². The van der Waals surface area contributed by atoms with Crippen LogP contribution in [0.3, 0.4) is 0 Å². The van der Waals surface area contributed by atoms with Gasteiger partial charge in [-0.1, -0.05) is 17.7 Å². The summed E-state index contributed by atoms with van der Waals surface area (Å²) < 4.78 is 5.32. The van der Waals surface area contributed by atoms with Crippen molar-refractivity contribution in [1.82, 2.24) is 4.90 Å². The molecule has 2 aromatic rings. The Bertz CT molecular complexity index is 738. The quantitative estimate of drug-likeness (QED) is 0.773. The third kappa shape index (κ3) is 2.56. The van der Waals surface area contributed by atoms with E-state index in [1.807, 2.05) is 17.0 Å². The Morgan fingerprint density at radius 1 is 1.23 bits per heavy atom. The highest BCUT2D eigenvalue weighted by Gasteiger charge is 2.25. The summed E-state index contributed by atoms with van der Waals surface area (Å²) >= 11 is 9.46. The molecule has 0 saturated carbocycles. The molecule has 0 N–H and O–H groups in total. The number of fused-ring (bicyclic) bond motifs is 3. The van der Waals surface area contributed by atoms with Crippen molar-refractivity contribution in [1.29, 1.82) is 0 Å². The zero-order valence-electron chi connectivity index (χ0n) is 11.8. The van der Waals surface area contributed by atoms with Gasteiger partial charge < -0.3 is 9.64 Å². The first-order chi connectivity index (χ1) is 10.7. The number of benzene rings is 1. The molecule has 6 heteroatoms. The van der Waals surface area contributed by atoms with Gasteiger partial charge in [-0.15, -0.1) is 23.1 Å². The number of carbonyl (C=O) groups is 1. The Morgan fingerprint density at radius 3 is 2.86 bits per heavy atom. The van der Waals surface area contributed by atoms with Gasteiger partial charge >= 0.3 is 0 Å². The molecule has 114 valence electrons. The number of thiophene rings is 1. The first kappa shape index (κ1) is 14.6. The van der Waals surface area contributed by atoms with Crippen molar-refractivity contribution in [3.8, 4) is 10.4 Å². The molecule has 1 aromatic carbocycles. The van der Waals surface area contributed by atoms with Crippen molar-refractivity contribution in [2.45, 2.75) is 10.6 Å². The Morgan fingerprint density at radius 2 is 2.05 bits per heavy atom. The number of hydrogen-bond donors (Lipinski definition) is 0. The fourth-order valence-corrected chi connectivity index (χ4v) is 5.41. The molecule has 0 unspecified atom stereocenters. The third-order valence-corrected chi connectivity index (χ3v) is 6.43. The average Bonchev–Trinajstić information content (AvgIpc) is 2.99. The standard InChI is InChI=1S/C16H14ClNO2S2/c17-11-1-2-12-13(8-11)21-9-10-7-14(22-15(10)12)16(19)18-3-5-20-6-4-18/h1-2,7-8H,3-6,9H2. The maximum atomic E-state index is 12.6. The molecule has 3 nitrogen and oxygen atoms in total. The van der Waals surface area contributed by atoms with E-state index >= 15 is 0 Å². The predicted octanol–water partition coefficient (Wildman–Crippen LogP) is 4.15. The van der Waals surface area contributed by atoms with E-state index in [0.29, 0.717) is 26.3 Å². The lowest BCUT2D eigenvalue weighted by Crippen LogP contribution is -2.40. The van der Waals surface area contributed by atoms with Crippen LogP contribution in [0.25, 0.3) is 10.4 Å². The Labute approximate surface area is 142 Å². The number of halogens is 1. The predicted molar refractivity (Wildman–Crippen MR) is 91.0 cm³/mol. The Kier molecular flexibility index (Phi) is 3.90. The van der Waals surface area contributed by atoms with Crippen molar-refractivity contribution >= 4 is 40.6 Å². The number of carbonyl (C=O) groups excluding carboxylic acids is 1. The van der Waals surface area contributed by atoms with Gasteiger partial charge in [-0.25, -0.2) is 0 Å². The number of rotatable bonds is 1. The molecule has 2 aliphatic rings. The minimum atomic E-state index is 0.128. The maximum Gasteiger partial charge on any atom is 0.264 e. The van der Waals surface area contributed by atoms with E-state index in [4.69, 9.17) is 16.3 Å². The van der Waals surface area contributed by atoms with Gasteiger partial charge in [0, 0.05) is 39.2 Å². The summed E-state index contributed by atoms with van der Waals surface area (Å²) in [5.41, 5.74) is 2.45. The van der Waals surface area contributed by atoms with Gasteiger partial charge in [0.25, 0.3) is 5.91 Å². The van der Waals surface area contributed by atoms with Crippen molar-refractivity contribution in [3.63, 3.8) is 0 Å². The van der Waals surface area contributed by atoms with Gasteiger partial charge in [0.1, 0.15) is 0 Å². The minimum absolute atomic E-state index is 0.128. The van der Waals surface area contributed by atoms with Crippen LogP contribution in [-0.2, 0) is 10.5 Å². The van der Waals surface area contributed by atoms with E-state index in [1.165, 1.54) is 20.9 Å². The number of nitrogens with zero attached hydrogens (tertiary/aromatic N) is 1. The number of morpholine rings is 1. The van der Waals surface area contributed by atoms with Crippen LogP contribution < -0.4 is 0 Å². The third-order valence-electron chi connectivity index (χ3n) is 3.89. The van der Waals surface area contributed by atoms with Crippen LogP contribution in [0.4, 0.5) is 0 Å². The summed E-state index contributed by atoms with van der Waals surface area (Å²) in [6, 6.07) is 8.04. The molecule has 0 spiro atoms. The lowest BCUT2D eigenvalue weighted by atomic mass is 10.1. The zero-order valence-corrected chi connectivity index (χ0v) is 14.2. The second-order valence-corrected chi connectivity index (χ2v) is 7.80. The van der Waals surface area contributed by atoms with Crippen molar-refractivity contribution in [2.75, 3.05) is 26.3 Å². The summed E-state index contributed by atoms with van der Waals surface area (Å²) in [6.45, 7) is 2.63. The monoisotopic (exact) mass is 351 g/mol. The molecule has 1 aromatic heterocycles. The molecule has 3 heterocycles. The summed E-state index contributed by atoms with van der Waals surface area (Å²) in [5.74, 6) is 1.03. The van der Waals surface area contributed by atoms with Gasteiger partial charge in [0.15, 0.2) is 0 Å². The number of amides is 1. The first-order valence-electron chi connectivity index (χ1n) is 7.15. The maximum absolute atomic E-state index is 12.6. The number of hydrogen-bond acceptors (Lipinski definition) is 4. The highest BCUT2D eigenvalue weighted by Crippen LogP contribution is 2.46. The van der Waals surface area contributed by atoms with Gasteiger partial charge in [-0.05, 0) is 23.8 Å². The van der Waals surface area contributed by atoms with Crippen LogP contribution in [0.5, 0.6) is 0 Å². The molecular formula is C16H14ClNO2S2. The largest absolute Gasteiger partial charge is 0.378 e. The van der Waals surface area contributed by atoms with Crippen LogP contribution in [0, 0.1) is 0 Å². The molecule has 0 atom stereocenters. The molecule has 1 amide bonds. The molecule has 1 fully saturated rings. The normalized spacial score (nSPS) is 17.0. The minimum Gasteiger partial charge on any atom is -0.378 e. The molecule has 0 aliphatic carbocycles. The van der Waals surface area contributed by atoms with E-state index in [9.17, 15) is 4.79 Å². The SMILES string of the molecule is O=C(c1cc2c(s1)-c1ccc(Cl)cc1SC2)N1CCOCC1. The fourth-order valence-electron chi connectivity index (χ4n) is 2.75. The molecule has 4 rings (SSSR count). The summed E-state index contributed by atoms with van der Waals surface area (Å²) in [5, 5.41) is 0.760. The second-order valence-electron chi connectivity index (χ2n) is 5.30. The topological polar surface area (TPSA) is 29.5 Å². The molecular weight excluding hydrogens is 338 g/mol. The second kappa shape index (κ2) is 5.89. The van der Waals surface area contributed by atoms with Gasteiger partial charge in [0.05, 0.1) is 18.1 Å². The van der Waals surface area contributed by atoms with Crippen molar-refractivity contribution in [2.24, 2.45) is 0 Å². The van der Waals surface area contributed by atoms with E-state index in [2.05, 4.69) is 12.1 Å². The van der Waals surface area contributed by atoms with E-state index < -0.39 is 0 Å². The summed E-state index contributed by atoms with van der Waals surface area (Å²) in [6.07, 6.45) is 0. The number of thioether (sulfide) groups is 1. The molecule has 22 heavy (non-hydrogen) atoms. The van der Waals surface area contributed by atoms with E-state index in [0.717, 1.165) is 15.7 Å². The van der Waals surface area contributed by atoms with Gasteiger partial charge in [0.2, 0.25) is 0 Å². The van der Waals surface area contributed by atoms with Crippen molar-refractivity contribution in [3.05, 3.63) is 39.7 Å². The van der Waals surface area contributed by atoms with Crippen LogP contribution in [0.1, 0.15) is 15.2 Å². The lowest BCUT2D eigenvalue weighted by Gasteiger charge is -2.26. The van der Waals surface area contributed by atoms with E-state index in [1.54, 1.807) is 23.1 Å².